The second-order valence-corrected chi connectivity index (χ2v) is 7.72. The molecule has 0 unspecified atom stereocenters. The molecular formula is C16H19N3O2S2. The third-order valence-electron chi connectivity index (χ3n) is 3.63. The van der Waals surface area contributed by atoms with E-state index in [2.05, 4.69) is 22.3 Å². The summed E-state index contributed by atoms with van der Waals surface area (Å²) in [7, 11) is 1.67. The van der Waals surface area contributed by atoms with E-state index in [1.807, 2.05) is 12.1 Å². The van der Waals surface area contributed by atoms with E-state index < -0.39 is 0 Å². The van der Waals surface area contributed by atoms with E-state index in [1.165, 1.54) is 16.9 Å². The van der Waals surface area contributed by atoms with Gasteiger partial charge in [0.2, 0.25) is 11.0 Å². The Kier molecular flexibility index (Phi) is 5.17. The number of hydrogen-bond donors (Lipinski definition) is 0. The summed E-state index contributed by atoms with van der Waals surface area (Å²) in [6.45, 7) is 1.59. The first-order chi connectivity index (χ1) is 11.2. The van der Waals surface area contributed by atoms with Crippen LogP contribution in [0.25, 0.3) is 0 Å². The highest BCUT2D eigenvalue weighted by molar-refractivity contribution is 8.01. The minimum Gasteiger partial charge on any atom is -0.497 e. The molecule has 122 valence electrons. The van der Waals surface area contributed by atoms with Crippen LogP contribution in [0.1, 0.15) is 25.3 Å². The lowest BCUT2D eigenvalue weighted by atomic mass is 10.2. The maximum Gasteiger partial charge on any atom is 0.225 e. The Morgan fingerprint density at radius 2 is 2.09 bits per heavy atom. The van der Waals surface area contributed by atoms with Gasteiger partial charge in [-0.1, -0.05) is 35.2 Å². The number of amides is 1. The highest BCUT2D eigenvalue weighted by Gasteiger charge is 2.34. The van der Waals surface area contributed by atoms with Crippen molar-refractivity contribution >= 4 is 34.1 Å². The normalized spacial score (nSPS) is 13.8. The fourth-order valence-electron chi connectivity index (χ4n) is 2.29. The molecule has 0 saturated heterocycles. The lowest BCUT2D eigenvalue weighted by molar-refractivity contribution is -0.116. The third-order valence-corrected chi connectivity index (χ3v) is 5.69. The third kappa shape index (κ3) is 4.23. The molecule has 1 saturated carbocycles. The van der Waals surface area contributed by atoms with Gasteiger partial charge in [-0.25, -0.2) is 0 Å². The molecule has 1 heterocycles. The maximum atomic E-state index is 11.7. The largest absolute Gasteiger partial charge is 0.497 e. The second-order valence-electron chi connectivity index (χ2n) is 5.42. The Hall–Kier alpha value is -1.60. The minimum atomic E-state index is 0.0541. The monoisotopic (exact) mass is 349 g/mol. The molecule has 0 bridgehead atoms. The zero-order valence-corrected chi connectivity index (χ0v) is 14.8. The van der Waals surface area contributed by atoms with Crippen molar-refractivity contribution in [2.75, 3.05) is 17.8 Å². The summed E-state index contributed by atoms with van der Waals surface area (Å²) in [5.41, 5.74) is 1.27. The summed E-state index contributed by atoms with van der Waals surface area (Å²) in [5.74, 6) is 1.86. The Bertz CT molecular complexity index is 668. The van der Waals surface area contributed by atoms with Crippen LogP contribution in [0.4, 0.5) is 5.13 Å². The van der Waals surface area contributed by atoms with Gasteiger partial charge in [-0.05, 0) is 37.0 Å². The summed E-state index contributed by atoms with van der Waals surface area (Å²) >= 11 is 3.19. The van der Waals surface area contributed by atoms with Crippen LogP contribution in [-0.4, -0.2) is 35.0 Å². The first-order valence-corrected chi connectivity index (χ1v) is 9.36. The van der Waals surface area contributed by atoms with Crippen LogP contribution in [0, 0.1) is 0 Å². The average Bonchev–Trinajstić information content (AvgIpc) is 3.27. The molecule has 1 amide bonds. The number of methoxy groups -OCH3 is 1. The molecular weight excluding hydrogens is 330 g/mol. The number of carbonyl (C=O) groups excluding carboxylic acids is 1. The number of anilines is 1. The zero-order chi connectivity index (χ0) is 16.2. The number of ether oxygens (including phenoxy) is 1. The maximum absolute atomic E-state index is 11.7. The second kappa shape index (κ2) is 7.31. The van der Waals surface area contributed by atoms with Crippen LogP contribution in [0.15, 0.2) is 28.6 Å². The molecule has 23 heavy (non-hydrogen) atoms. The van der Waals surface area contributed by atoms with Crippen molar-refractivity contribution in [2.45, 2.75) is 36.6 Å². The molecule has 0 atom stereocenters. The Labute approximate surface area is 144 Å². The van der Waals surface area contributed by atoms with Crippen molar-refractivity contribution in [2.24, 2.45) is 0 Å². The number of rotatable bonds is 7. The van der Waals surface area contributed by atoms with Crippen molar-refractivity contribution < 1.29 is 9.53 Å². The van der Waals surface area contributed by atoms with E-state index in [0.717, 1.165) is 40.2 Å². The van der Waals surface area contributed by atoms with Crippen LogP contribution in [0.3, 0.4) is 0 Å². The highest BCUT2D eigenvalue weighted by atomic mass is 32.2. The predicted molar refractivity (Wildman–Crippen MR) is 93.5 cm³/mol. The number of aromatic nitrogens is 2. The van der Waals surface area contributed by atoms with E-state index >= 15 is 0 Å². The van der Waals surface area contributed by atoms with Gasteiger partial charge in [0, 0.05) is 18.7 Å². The van der Waals surface area contributed by atoms with Crippen LogP contribution in [-0.2, 0) is 11.2 Å². The van der Waals surface area contributed by atoms with Crippen LogP contribution in [0.5, 0.6) is 5.75 Å². The molecule has 1 aromatic carbocycles. The summed E-state index contributed by atoms with van der Waals surface area (Å²) in [6, 6.07) is 8.44. The lowest BCUT2D eigenvalue weighted by Crippen LogP contribution is -2.30. The van der Waals surface area contributed by atoms with Gasteiger partial charge in [-0.2, -0.15) is 0 Å². The molecule has 1 aromatic heterocycles. The molecule has 3 rings (SSSR count). The standard InChI is InChI=1S/C16H19N3O2S2/c1-11(20)19(13-5-6-13)15-17-18-16(23-15)22-10-9-12-3-7-14(21-2)8-4-12/h3-4,7-8,13H,5-6,9-10H2,1-2H3. The van der Waals surface area contributed by atoms with Crippen molar-refractivity contribution in [3.8, 4) is 5.75 Å². The summed E-state index contributed by atoms with van der Waals surface area (Å²) in [5, 5.41) is 9.12. The van der Waals surface area contributed by atoms with Gasteiger partial charge in [0.1, 0.15) is 5.75 Å². The molecule has 0 aliphatic heterocycles. The SMILES string of the molecule is COc1ccc(CCSc2nnc(N(C(C)=O)C3CC3)s2)cc1. The summed E-state index contributed by atoms with van der Waals surface area (Å²) < 4.78 is 6.07. The van der Waals surface area contributed by atoms with E-state index in [9.17, 15) is 4.79 Å². The molecule has 1 aliphatic rings. The van der Waals surface area contributed by atoms with Gasteiger partial charge in [0.25, 0.3) is 0 Å². The summed E-state index contributed by atoms with van der Waals surface area (Å²) in [4.78, 5) is 13.5. The first-order valence-electron chi connectivity index (χ1n) is 7.56. The zero-order valence-electron chi connectivity index (χ0n) is 13.2. The van der Waals surface area contributed by atoms with Gasteiger partial charge in [0.15, 0.2) is 4.34 Å². The molecule has 1 fully saturated rings. The van der Waals surface area contributed by atoms with Gasteiger partial charge in [-0.15, -0.1) is 10.2 Å². The lowest BCUT2D eigenvalue weighted by Gasteiger charge is -2.15. The van der Waals surface area contributed by atoms with Crippen molar-refractivity contribution in [3.05, 3.63) is 29.8 Å². The molecule has 2 aromatic rings. The minimum absolute atomic E-state index is 0.0541. The van der Waals surface area contributed by atoms with E-state index in [-0.39, 0.29) is 5.91 Å². The van der Waals surface area contributed by atoms with E-state index in [1.54, 1.807) is 30.7 Å². The number of aryl methyl sites for hydroxylation is 1. The number of thioether (sulfide) groups is 1. The molecule has 0 N–H and O–H groups in total. The highest BCUT2D eigenvalue weighted by Crippen LogP contribution is 2.35. The van der Waals surface area contributed by atoms with Crippen LogP contribution in [0.2, 0.25) is 0 Å². The number of carbonyl (C=O) groups is 1. The predicted octanol–water partition coefficient (Wildman–Crippen LogP) is 3.40. The Morgan fingerprint density at radius 1 is 1.35 bits per heavy atom. The van der Waals surface area contributed by atoms with E-state index in [0.29, 0.717) is 6.04 Å². The van der Waals surface area contributed by atoms with Crippen molar-refractivity contribution in [1.82, 2.24) is 10.2 Å². The smallest absolute Gasteiger partial charge is 0.225 e. The average molecular weight is 349 g/mol. The van der Waals surface area contributed by atoms with Gasteiger partial charge >= 0.3 is 0 Å². The van der Waals surface area contributed by atoms with E-state index in [4.69, 9.17) is 4.74 Å². The number of hydrogen-bond acceptors (Lipinski definition) is 6. The van der Waals surface area contributed by atoms with Crippen molar-refractivity contribution in [1.29, 1.82) is 0 Å². The summed E-state index contributed by atoms with van der Waals surface area (Å²) in [6.07, 6.45) is 3.10. The van der Waals surface area contributed by atoms with Crippen LogP contribution >= 0.6 is 23.1 Å². The van der Waals surface area contributed by atoms with Crippen LogP contribution < -0.4 is 9.64 Å². The Morgan fingerprint density at radius 3 is 2.70 bits per heavy atom. The quantitative estimate of drug-likeness (QED) is 0.566. The molecule has 0 spiro atoms. The molecule has 0 radical (unpaired) electrons. The fourth-order valence-corrected chi connectivity index (χ4v) is 4.30. The molecule has 7 heteroatoms. The van der Waals surface area contributed by atoms with Gasteiger partial charge in [0.05, 0.1) is 7.11 Å². The Balaban J connectivity index is 1.53. The molecule has 5 nitrogen and oxygen atoms in total. The fraction of sp³-hybridized carbons (Fsp3) is 0.438. The number of nitrogens with zero attached hydrogens (tertiary/aromatic N) is 3. The first kappa shape index (κ1) is 16.3. The number of benzene rings is 1. The topological polar surface area (TPSA) is 55.3 Å². The van der Waals surface area contributed by atoms with Gasteiger partial charge < -0.3 is 4.74 Å². The van der Waals surface area contributed by atoms with Crippen molar-refractivity contribution in [3.63, 3.8) is 0 Å². The van der Waals surface area contributed by atoms with Gasteiger partial charge in [-0.3, -0.25) is 9.69 Å². The molecule has 1 aliphatic carbocycles.